The molecule has 0 rings (SSSR count). The summed E-state index contributed by atoms with van der Waals surface area (Å²) in [6.45, 7) is 5.12. The fraction of sp³-hybridized carbons (Fsp3) is 0.833. The predicted octanol–water partition coefficient (Wildman–Crippen LogP) is 2.13. The molecule has 0 atom stereocenters. The van der Waals surface area contributed by atoms with Gasteiger partial charge in [0.2, 0.25) is 0 Å². The second-order valence-electron chi connectivity index (χ2n) is 2.15. The van der Waals surface area contributed by atoms with Gasteiger partial charge in [0.05, 0.1) is 6.61 Å². The third kappa shape index (κ3) is 5.69. The van der Waals surface area contributed by atoms with Crippen LogP contribution < -0.4 is 0 Å². The normalized spacial score (nSPS) is 10.8. The molecule has 0 heterocycles. The monoisotopic (exact) mass is 166 g/mol. The minimum absolute atomic E-state index is 0.297. The summed E-state index contributed by atoms with van der Waals surface area (Å²) in [5.41, 5.74) is 0. The maximum absolute atomic E-state index is 10.5. The highest BCUT2D eigenvalue weighted by Gasteiger charge is 2.19. The summed E-state index contributed by atoms with van der Waals surface area (Å²) in [5, 5.41) is -0.980. The van der Waals surface area contributed by atoms with E-state index < -0.39 is 11.2 Å². The van der Waals surface area contributed by atoms with Gasteiger partial charge in [-0.3, -0.25) is 0 Å². The van der Waals surface area contributed by atoms with Gasteiger partial charge in [0.25, 0.3) is 0 Å². The van der Waals surface area contributed by atoms with E-state index in [1.54, 1.807) is 20.8 Å². The molecular formula is C6H11ClO3. The Labute approximate surface area is 65.3 Å². The van der Waals surface area contributed by atoms with Gasteiger partial charge >= 0.3 is 6.16 Å². The van der Waals surface area contributed by atoms with E-state index in [0.29, 0.717) is 6.61 Å². The molecule has 0 radical (unpaired) electrons. The maximum atomic E-state index is 10.5. The standard InChI is InChI=1S/C6H11ClO3/c1-4-9-5(8)10-6(2,3)7/h4H2,1-3H3. The van der Waals surface area contributed by atoms with Gasteiger partial charge in [-0.25, -0.2) is 4.79 Å². The highest BCUT2D eigenvalue weighted by Crippen LogP contribution is 2.14. The van der Waals surface area contributed by atoms with Crippen molar-refractivity contribution in [2.75, 3.05) is 6.61 Å². The van der Waals surface area contributed by atoms with Gasteiger partial charge in [-0.05, 0) is 20.8 Å². The minimum atomic E-state index is -0.980. The van der Waals surface area contributed by atoms with Gasteiger partial charge in [-0.15, -0.1) is 0 Å². The van der Waals surface area contributed by atoms with E-state index in [4.69, 9.17) is 11.6 Å². The Morgan fingerprint density at radius 1 is 1.60 bits per heavy atom. The summed E-state index contributed by atoms with van der Waals surface area (Å²) in [5.74, 6) is 0. The average molecular weight is 167 g/mol. The molecule has 60 valence electrons. The molecule has 0 spiro atoms. The molecule has 10 heavy (non-hydrogen) atoms. The number of halogens is 1. The Balaban J connectivity index is 3.58. The predicted molar refractivity (Wildman–Crippen MR) is 38.0 cm³/mol. The van der Waals surface area contributed by atoms with Crippen LogP contribution in [0.1, 0.15) is 20.8 Å². The number of carbonyl (C=O) groups excluding carboxylic acids is 1. The fourth-order valence-corrected chi connectivity index (χ4v) is 0.408. The minimum Gasteiger partial charge on any atom is -0.435 e. The third-order valence-electron chi connectivity index (χ3n) is 0.588. The summed E-state index contributed by atoms with van der Waals surface area (Å²) < 4.78 is 9.05. The average Bonchev–Trinajstić information content (AvgIpc) is 1.59. The van der Waals surface area contributed by atoms with Gasteiger partial charge in [-0.1, -0.05) is 11.6 Å². The van der Waals surface area contributed by atoms with Gasteiger partial charge in [-0.2, -0.15) is 0 Å². The number of hydrogen-bond donors (Lipinski definition) is 0. The molecule has 4 heteroatoms. The molecule has 0 aliphatic heterocycles. The van der Waals surface area contributed by atoms with E-state index in [0.717, 1.165) is 0 Å². The first kappa shape index (κ1) is 9.56. The van der Waals surface area contributed by atoms with Gasteiger partial charge in [0.1, 0.15) is 0 Å². The number of rotatable bonds is 2. The van der Waals surface area contributed by atoms with E-state index in [9.17, 15) is 4.79 Å². The number of carbonyl (C=O) groups is 1. The van der Waals surface area contributed by atoms with Gasteiger partial charge in [0.15, 0.2) is 5.06 Å². The first-order valence-electron chi connectivity index (χ1n) is 3.00. The van der Waals surface area contributed by atoms with Crippen molar-refractivity contribution in [1.82, 2.24) is 0 Å². The Morgan fingerprint density at radius 2 is 2.10 bits per heavy atom. The van der Waals surface area contributed by atoms with Crippen molar-refractivity contribution in [2.45, 2.75) is 25.8 Å². The van der Waals surface area contributed by atoms with Crippen LogP contribution in [-0.2, 0) is 9.47 Å². The lowest BCUT2D eigenvalue weighted by molar-refractivity contribution is 0.0226. The maximum Gasteiger partial charge on any atom is 0.509 e. The number of hydrogen-bond acceptors (Lipinski definition) is 3. The summed E-state index contributed by atoms with van der Waals surface area (Å²) in [6, 6.07) is 0. The first-order chi connectivity index (χ1) is 4.45. The molecular weight excluding hydrogens is 156 g/mol. The van der Waals surface area contributed by atoms with Gasteiger partial charge in [0, 0.05) is 0 Å². The van der Waals surface area contributed by atoms with Crippen LogP contribution in [0.25, 0.3) is 0 Å². The molecule has 0 amide bonds. The van der Waals surface area contributed by atoms with E-state index in [-0.39, 0.29) is 0 Å². The third-order valence-corrected chi connectivity index (χ3v) is 0.665. The van der Waals surface area contributed by atoms with E-state index in [1.165, 1.54) is 0 Å². The molecule has 0 saturated heterocycles. The SMILES string of the molecule is CCOC(=O)OC(C)(C)Cl. The van der Waals surface area contributed by atoms with Crippen molar-refractivity contribution in [1.29, 1.82) is 0 Å². The first-order valence-corrected chi connectivity index (χ1v) is 3.38. The summed E-state index contributed by atoms with van der Waals surface area (Å²) in [4.78, 5) is 10.5. The van der Waals surface area contributed by atoms with Crippen LogP contribution in [0.5, 0.6) is 0 Å². The smallest absolute Gasteiger partial charge is 0.435 e. The van der Waals surface area contributed by atoms with Gasteiger partial charge < -0.3 is 9.47 Å². The van der Waals surface area contributed by atoms with Crippen molar-refractivity contribution >= 4 is 17.8 Å². The van der Waals surface area contributed by atoms with E-state index >= 15 is 0 Å². The van der Waals surface area contributed by atoms with Crippen molar-refractivity contribution in [3.63, 3.8) is 0 Å². The zero-order valence-corrected chi connectivity index (χ0v) is 7.07. The fourth-order valence-electron chi connectivity index (χ4n) is 0.345. The molecule has 0 saturated carbocycles. The molecule has 0 bridgehead atoms. The van der Waals surface area contributed by atoms with Crippen molar-refractivity contribution < 1.29 is 14.3 Å². The largest absolute Gasteiger partial charge is 0.509 e. The number of alkyl halides is 1. The second-order valence-corrected chi connectivity index (χ2v) is 3.06. The lowest BCUT2D eigenvalue weighted by atomic mass is 10.5. The van der Waals surface area contributed by atoms with Crippen molar-refractivity contribution in [3.8, 4) is 0 Å². The van der Waals surface area contributed by atoms with Crippen molar-refractivity contribution in [2.24, 2.45) is 0 Å². The molecule has 0 aliphatic rings. The van der Waals surface area contributed by atoms with Crippen molar-refractivity contribution in [3.05, 3.63) is 0 Å². The van der Waals surface area contributed by atoms with Crippen LogP contribution in [0, 0.1) is 0 Å². The molecule has 0 aromatic rings. The summed E-state index contributed by atoms with van der Waals surface area (Å²) in [6.07, 6.45) is -0.734. The molecule has 0 aromatic carbocycles. The van der Waals surface area contributed by atoms with Crippen LogP contribution >= 0.6 is 11.6 Å². The Bertz CT molecular complexity index is 117. The molecule has 0 aliphatic carbocycles. The molecule has 0 unspecified atom stereocenters. The lowest BCUT2D eigenvalue weighted by Crippen LogP contribution is -2.21. The van der Waals surface area contributed by atoms with E-state index in [2.05, 4.69) is 9.47 Å². The summed E-state index contributed by atoms with van der Waals surface area (Å²) >= 11 is 5.54. The zero-order chi connectivity index (χ0) is 8.20. The molecule has 0 aromatic heterocycles. The van der Waals surface area contributed by atoms with E-state index in [1.807, 2.05) is 0 Å². The van der Waals surface area contributed by atoms with Crippen LogP contribution in [0.15, 0.2) is 0 Å². The van der Waals surface area contributed by atoms with Crippen LogP contribution in [0.4, 0.5) is 4.79 Å². The number of ether oxygens (including phenoxy) is 2. The second kappa shape index (κ2) is 3.66. The Kier molecular flexibility index (Phi) is 3.50. The zero-order valence-electron chi connectivity index (χ0n) is 6.31. The molecule has 3 nitrogen and oxygen atoms in total. The summed E-state index contributed by atoms with van der Waals surface area (Å²) in [7, 11) is 0. The Hall–Kier alpha value is -0.440. The van der Waals surface area contributed by atoms with Crippen LogP contribution in [-0.4, -0.2) is 17.8 Å². The van der Waals surface area contributed by atoms with Crippen LogP contribution in [0.3, 0.4) is 0 Å². The topological polar surface area (TPSA) is 35.5 Å². The quantitative estimate of drug-likeness (QED) is 0.466. The molecule has 0 fully saturated rings. The Morgan fingerprint density at radius 3 is 2.40 bits per heavy atom. The highest BCUT2D eigenvalue weighted by molar-refractivity contribution is 6.22. The van der Waals surface area contributed by atoms with Crippen LogP contribution in [0.2, 0.25) is 0 Å². The lowest BCUT2D eigenvalue weighted by Gasteiger charge is -2.15. The molecule has 0 N–H and O–H groups in total. The highest BCUT2D eigenvalue weighted by atomic mass is 35.5.